The van der Waals surface area contributed by atoms with Gasteiger partial charge >= 0.3 is 0 Å². The average molecular weight is 305 g/mol. The molecule has 0 aliphatic rings. The van der Waals surface area contributed by atoms with Crippen molar-refractivity contribution in [2.75, 3.05) is 13.7 Å². The van der Waals surface area contributed by atoms with E-state index < -0.39 is 6.17 Å². The van der Waals surface area contributed by atoms with Crippen molar-refractivity contribution in [1.82, 2.24) is 15.1 Å². The van der Waals surface area contributed by atoms with Crippen molar-refractivity contribution in [2.45, 2.75) is 26.4 Å². The second-order valence-electron chi connectivity index (χ2n) is 5.11. The molecule has 0 unspecified atom stereocenters. The van der Waals surface area contributed by atoms with Crippen LogP contribution in [0.2, 0.25) is 0 Å². The van der Waals surface area contributed by atoms with Gasteiger partial charge in [-0.1, -0.05) is 0 Å². The van der Waals surface area contributed by atoms with Gasteiger partial charge in [0.1, 0.15) is 5.75 Å². The van der Waals surface area contributed by atoms with Crippen LogP contribution in [0.25, 0.3) is 5.69 Å². The molecule has 1 aromatic heterocycles. The molecule has 22 heavy (non-hydrogen) atoms. The minimum absolute atomic E-state index is 0.295. The first-order valence-electron chi connectivity index (χ1n) is 7.14. The van der Waals surface area contributed by atoms with Crippen LogP contribution in [0.5, 0.6) is 5.75 Å². The van der Waals surface area contributed by atoms with Crippen molar-refractivity contribution < 1.29 is 13.9 Å². The van der Waals surface area contributed by atoms with E-state index in [9.17, 15) is 9.18 Å². The average Bonchev–Trinajstić information content (AvgIpc) is 2.89. The second-order valence-corrected chi connectivity index (χ2v) is 5.11. The summed E-state index contributed by atoms with van der Waals surface area (Å²) in [4.78, 5) is 12.0. The maximum absolute atomic E-state index is 12.7. The van der Waals surface area contributed by atoms with Crippen LogP contribution in [-0.2, 0) is 0 Å². The molecule has 0 fully saturated rings. The van der Waals surface area contributed by atoms with Crippen LogP contribution < -0.4 is 10.1 Å². The highest BCUT2D eigenvalue weighted by Gasteiger charge is 2.13. The lowest BCUT2D eigenvalue weighted by atomic mass is 10.3. The number of aryl methyl sites for hydroxylation is 1. The van der Waals surface area contributed by atoms with Crippen LogP contribution in [-0.4, -0.2) is 35.5 Å². The number of ether oxygens (including phenoxy) is 1. The molecule has 1 amide bonds. The molecule has 0 bridgehead atoms. The Hall–Kier alpha value is -2.37. The Bertz CT molecular complexity index is 635. The Kier molecular flexibility index (Phi) is 5.14. The number of methoxy groups -OCH3 is 1. The van der Waals surface area contributed by atoms with Gasteiger partial charge in [-0.05, 0) is 50.6 Å². The van der Waals surface area contributed by atoms with E-state index in [1.807, 2.05) is 31.2 Å². The van der Waals surface area contributed by atoms with Crippen LogP contribution in [0, 0.1) is 6.92 Å². The van der Waals surface area contributed by atoms with E-state index in [0.717, 1.165) is 17.1 Å². The highest BCUT2D eigenvalue weighted by Crippen LogP contribution is 2.16. The van der Waals surface area contributed by atoms with Gasteiger partial charge in [0, 0.05) is 12.2 Å². The highest BCUT2D eigenvalue weighted by atomic mass is 19.1. The molecule has 0 spiro atoms. The van der Waals surface area contributed by atoms with Gasteiger partial charge in [0.15, 0.2) is 5.69 Å². The van der Waals surface area contributed by atoms with E-state index >= 15 is 0 Å². The number of nitrogens with zero attached hydrogens (tertiary/aromatic N) is 2. The van der Waals surface area contributed by atoms with Gasteiger partial charge in [0.25, 0.3) is 5.91 Å². The molecule has 1 N–H and O–H groups in total. The molecular formula is C16H20FN3O2. The minimum Gasteiger partial charge on any atom is -0.497 e. The number of aromatic nitrogens is 2. The molecule has 118 valence electrons. The number of amides is 1. The summed E-state index contributed by atoms with van der Waals surface area (Å²) in [5.74, 6) is 0.461. The lowest BCUT2D eigenvalue weighted by Gasteiger charge is -2.06. The lowest BCUT2D eigenvalue weighted by Crippen LogP contribution is -2.26. The van der Waals surface area contributed by atoms with Gasteiger partial charge in [-0.2, -0.15) is 5.10 Å². The predicted molar refractivity (Wildman–Crippen MR) is 82.4 cm³/mol. The third-order valence-electron chi connectivity index (χ3n) is 3.26. The van der Waals surface area contributed by atoms with Gasteiger partial charge in [-0.15, -0.1) is 0 Å². The van der Waals surface area contributed by atoms with Crippen molar-refractivity contribution in [2.24, 2.45) is 0 Å². The largest absolute Gasteiger partial charge is 0.497 e. The maximum atomic E-state index is 12.7. The van der Waals surface area contributed by atoms with Crippen molar-refractivity contribution in [3.05, 3.63) is 41.7 Å². The van der Waals surface area contributed by atoms with E-state index in [-0.39, 0.29) is 5.91 Å². The zero-order valence-electron chi connectivity index (χ0n) is 13.0. The van der Waals surface area contributed by atoms with Crippen LogP contribution in [0.1, 0.15) is 29.5 Å². The number of alkyl halides is 1. The number of hydrogen-bond donors (Lipinski definition) is 1. The quantitative estimate of drug-likeness (QED) is 0.892. The SMILES string of the molecule is COc1ccc(-n2nc(C(=O)NCC[C@@H](C)F)cc2C)cc1. The summed E-state index contributed by atoms with van der Waals surface area (Å²) in [6.07, 6.45) is -0.636. The number of rotatable bonds is 6. The number of halogens is 1. The van der Waals surface area contributed by atoms with Crippen LogP contribution in [0.15, 0.2) is 30.3 Å². The predicted octanol–water partition coefficient (Wildman–Crippen LogP) is 2.67. The smallest absolute Gasteiger partial charge is 0.271 e. The van der Waals surface area contributed by atoms with Crippen molar-refractivity contribution in [1.29, 1.82) is 0 Å². The first-order chi connectivity index (χ1) is 10.5. The van der Waals surface area contributed by atoms with Gasteiger partial charge in [-0.25, -0.2) is 9.07 Å². The van der Waals surface area contributed by atoms with Gasteiger partial charge < -0.3 is 10.1 Å². The number of carbonyl (C=O) groups excluding carboxylic acids is 1. The molecule has 6 heteroatoms. The highest BCUT2D eigenvalue weighted by molar-refractivity contribution is 5.92. The Balaban J connectivity index is 2.11. The summed E-state index contributed by atoms with van der Waals surface area (Å²) in [7, 11) is 1.61. The summed E-state index contributed by atoms with van der Waals surface area (Å²) in [6.45, 7) is 3.64. The third kappa shape index (κ3) is 3.84. The Labute approximate surface area is 129 Å². The monoisotopic (exact) mass is 305 g/mol. The van der Waals surface area contributed by atoms with E-state index in [0.29, 0.717) is 18.7 Å². The number of nitrogens with one attached hydrogen (secondary N) is 1. The van der Waals surface area contributed by atoms with Crippen LogP contribution >= 0.6 is 0 Å². The molecule has 1 aromatic carbocycles. The molecule has 0 radical (unpaired) electrons. The van der Waals surface area contributed by atoms with E-state index in [1.165, 1.54) is 6.92 Å². The molecular weight excluding hydrogens is 285 g/mol. The van der Waals surface area contributed by atoms with Crippen molar-refractivity contribution in [3.8, 4) is 11.4 Å². The second kappa shape index (κ2) is 7.06. The molecule has 0 saturated heterocycles. The molecule has 1 atom stereocenters. The van der Waals surface area contributed by atoms with Gasteiger partial charge in [0.05, 0.1) is 19.0 Å². The zero-order valence-corrected chi connectivity index (χ0v) is 13.0. The maximum Gasteiger partial charge on any atom is 0.271 e. The molecule has 2 rings (SSSR count). The molecule has 2 aromatic rings. The third-order valence-corrected chi connectivity index (χ3v) is 3.26. The Morgan fingerprint density at radius 2 is 2.09 bits per heavy atom. The molecule has 0 aliphatic heterocycles. The fourth-order valence-corrected chi connectivity index (χ4v) is 2.05. The summed E-state index contributed by atoms with van der Waals surface area (Å²) >= 11 is 0. The van der Waals surface area contributed by atoms with Crippen molar-refractivity contribution in [3.63, 3.8) is 0 Å². The Morgan fingerprint density at radius 3 is 2.68 bits per heavy atom. The lowest BCUT2D eigenvalue weighted by molar-refractivity contribution is 0.0945. The number of carbonyl (C=O) groups is 1. The van der Waals surface area contributed by atoms with E-state index in [1.54, 1.807) is 17.9 Å². The standard InChI is InChI=1S/C16H20FN3O2/c1-11(17)8-9-18-16(21)15-10-12(2)20(19-15)13-4-6-14(22-3)7-5-13/h4-7,10-11H,8-9H2,1-3H3,(H,18,21)/t11-/m1/s1. The van der Waals surface area contributed by atoms with Gasteiger partial charge in [-0.3, -0.25) is 4.79 Å². The first-order valence-corrected chi connectivity index (χ1v) is 7.14. The van der Waals surface area contributed by atoms with Crippen LogP contribution in [0.3, 0.4) is 0 Å². The summed E-state index contributed by atoms with van der Waals surface area (Å²) in [5.41, 5.74) is 2.00. The summed E-state index contributed by atoms with van der Waals surface area (Å²) in [6, 6.07) is 9.10. The number of benzene rings is 1. The first kappa shape index (κ1) is 16.0. The van der Waals surface area contributed by atoms with E-state index in [4.69, 9.17) is 4.74 Å². The normalized spacial score (nSPS) is 12.0. The van der Waals surface area contributed by atoms with Crippen LogP contribution in [0.4, 0.5) is 4.39 Å². The van der Waals surface area contributed by atoms with E-state index in [2.05, 4.69) is 10.4 Å². The topological polar surface area (TPSA) is 56.2 Å². The Morgan fingerprint density at radius 1 is 1.41 bits per heavy atom. The van der Waals surface area contributed by atoms with Crippen molar-refractivity contribution >= 4 is 5.91 Å². The van der Waals surface area contributed by atoms with Gasteiger partial charge in [0.2, 0.25) is 0 Å². The molecule has 0 aliphatic carbocycles. The fraction of sp³-hybridized carbons (Fsp3) is 0.375. The zero-order chi connectivity index (χ0) is 16.1. The molecule has 1 heterocycles. The minimum atomic E-state index is -0.932. The summed E-state index contributed by atoms with van der Waals surface area (Å²) in [5, 5.41) is 6.97. The number of hydrogen-bond acceptors (Lipinski definition) is 3. The summed E-state index contributed by atoms with van der Waals surface area (Å²) < 4.78 is 19.5. The fourth-order valence-electron chi connectivity index (χ4n) is 2.05. The molecule has 0 saturated carbocycles. The molecule has 5 nitrogen and oxygen atoms in total.